The van der Waals surface area contributed by atoms with Gasteiger partial charge in [-0.1, -0.05) is 23.7 Å². The molecule has 0 aromatic heterocycles. The average molecular weight is 396 g/mol. The number of carbonyl (C=O) groups excluding carboxylic acids is 2. The molecule has 1 aliphatic heterocycles. The van der Waals surface area contributed by atoms with Gasteiger partial charge in [-0.2, -0.15) is 0 Å². The third-order valence-corrected chi connectivity index (χ3v) is 5.82. The predicted molar refractivity (Wildman–Crippen MR) is 113 cm³/mol. The Labute approximate surface area is 169 Å². The second-order valence-electron chi connectivity index (χ2n) is 7.43. The van der Waals surface area contributed by atoms with E-state index in [1.165, 1.54) is 0 Å². The fourth-order valence-corrected chi connectivity index (χ4v) is 4.02. The molecule has 6 heteroatoms. The minimum Gasteiger partial charge on any atom is -0.323 e. The van der Waals surface area contributed by atoms with Crippen molar-refractivity contribution < 1.29 is 9.59 Å². The van der Waals surface area contributed by atoms with E-state index in [2.05, 4.69) is 5.32 Å². The van der Waals surface area contributed by atoms with E-state index in [1.54, 1.807) is 29.2 Å². The lowest BCUT2D eigenvalue weighted by atomic mass is 10.0. The van der Waals surface area contributed by atoms with Crippen molar-refractivity contribution in [2.24, 2.45) is 10.9 Å². The molecule has 0 saturated heterocycles. The summed E-state index contributed by atoms with van der Waals surface area (Å²) in [6.07, 6.45) is 2.57. The molecular formula is C22H22ClN3O2. The van der Waals surface area contributed by atoms with Crippen LogP contribution in [0.1, 0.15) is 30.4 Å². The van der Waals surface area contributed by atoms with Gasteiger partial charge >= 0.3 is 0 Å². The standard InChI is InChI=1S/C22H22ClN3O2/c1-13-10-19-20(11-14(13)2)26(22(28)15-6-5-9-17(15)24-19)12-21(27)25-18-8-4-3-7-16(18)23/h3-4,7-8,10-11,15H,5-6,9,12H2,1-2H3,(H,25,27). The van der Waals surface area contributed by atoms with Gasteiger partial charge in [0.15, 0.2) is 0 Å². The van der Waals surface area contributed by atoms with E-state index in [9.17, 15) is 9.59 Å². The number of nitrogens with one attached hydrogen (secondary N) is 1. The van der Waals surface area contributed by atoms with Crippen LogP contribution in [0.4, 0.5) is 17.1 Å². The highest BCUT2D eigenvalue weighted by molar-refractivity contribution is 6.33. The number of carbonyl (C=O) groups is 2. The van der Waals surface area contributed by atoms with Crippen LogP contribution in [-0.4, -0.2) is 24.1 Å². The van der Waals surface area contributed by atoms with Crippen LogP contribution in [0, 0.1) is 19.8 Å². The molecule has 1 aliphatic carbocycles. The van der Waals surface area contributed by atoms with Gasteiger partial charge in [-0.25, -0.2) is 0 Å². The van der Waals surface area contributed by atoms with Crippen molar-refractivity contribution >= 4 is 46.2 Å². The number of rotatable bonds is 3. The molecule has 28 heavy (non-hydrogen) atoms. The molecule has 2 amide bonds. The van der Waals surface area contributed by atoms with Crippen molar-refractivity contribution in [3.63, 3.8) is 0 Å². The van der Waals surface area contributed by atoms with Crippen molar-refractivity contribution in [3.05, 3.63) is 52.5 Å². The predicted octanol–water partition coefficient (Wildman–Crippen LogP) is 4.81. The van der Waals surface area contributed by atoms with Gasteiger partial charge in [-0.05, 0) is 68.5 Å². The summed E-state index contributed by atoms with van der Waals surface area (Å²) in [4.78, 5) is 32.4. The van der Waals surface area contributed by atoms with Crippen molar-refractivity contribution in [3.8, 4) is 0 Å². The van der Waals surface area contributed by atoms with Gasteiger partial charge in [0, 0.05) is 5.71 Å². The number of para-hydroxylation sites is 1. The number of fused-ring (bicyclic) bond motifs is 2. The largest absolute Gasteiger partial charge is 0.323 e. The first-order valence-electron chi connectivity index (χ1n) is 9.48. The summed E-state index contributed by atoms with van der Waals surface area (Å²) in [5, 5.41) is 3.28. The van der Waals surface area contributed by atoms with Crippen molar-refractivity contribution in [2.45, 2.75) is 33.1 Å². The molecule has 1 heterocycles. The number of hydrogen-bond donors (Lipinski definition) is 1. The number of aryl methyl sites for hydroxylation is 2. The van der Waals surface area contributed by atoms with Gasteiger partial charge in [0.1, 0.15) is 6.54 Å². The zero-order valence-corrected chi connectivity index (χ0v) is 16.7. The van der Waals surface area contributed by atoms with Crippen LogP contribution in [-0.2, 0) is 9.59 Å². The minimum atomic E-state index is -0.285. The number of amides is 2. The highest BCUT2D eigenvalue weighted by Gasteiger charge is 2.37. The van der Waals surface area contributed by atoms with E-state index in [4.69, 9.17) is 16.6 Å². The highest BCUT2D eigenvalue weighted by atomic mass is 35.5. The molecule has 144 valence electrons. The molecule has 4 rings (SSSR count). The second kappa shape index (κ2) is 7.40. The number of aliphatic imine (C=N–C) groups is 1. The molecule has 2 aliphatic rings. The van der Waals surface area contributed by atoms with Crippen molar-refractivity contribution in [1.82, 2.24) is 0 Å². The molecule has 0 bridgehead atoms. The van der Waals surface area contributed by atoms with Crippen molar-refractivity contribution in [2.75, 3.05) is 16.8 Å². The maximum atomic E-state index is 13.3. The SMILES string of the molecule is Cc1cc2c(cc1C)N(CC(=O)Nc1ccccc1Cl)C(=O)C1CCCC1=N2. The summed E-state index contributed by atoms with van der Waals surface area (Å²) >= 11 is 6.14. The van der Waals surface area contributed by atoms with Gasteiger partial charge < -0.3 is 10.2 Å². The minimum absolute atomic E-state index is 0.0486. The van der Waals surface area contributed by atoms with E-state index in [1.807, 2.05) is 26.0 Å². The van der Waals surface area contributed by atoms with Gasteiger partial charge in [-0.15, -0.1) is 0 Å². The van der Waals surface area contributed by atoms with E-state index in [0.29, 0.717) is 16.4 Å². The molecule has 1 atom stereocenters. The smallest absolute Gasteiger partial charge is 0.244 e. The van der Waals surface area contributed by atoms with E-state index in [-0.39, 0.29) is 24.3 Å². The lowest BCUT2D eigenvalue weighted by Gasteiger charge is -2.25. The number of halogens is 1. The summed E-state index contributed by atoms with van der Waals surface area (Å²) in [5.74, 6) is -0.569. The Balaban J connectivity index is 1.68. The Morgan fingerprint density at radius 2 is 2.00 bits per heavy atom. The Bertz CT molecular complexity index is 999. The number of benzene rings is 2. The zero-order valence-electron chi connectivity index (χ0n) is 16.0. The normalized spacial score (nSPS) is 18.2. The van der Waals surface area contributed by atoms with Crippen LogP contribution in [0.5, 0.6) is 0 Å². The molecule has 1 unspecified atom stereocenters. The maximum Gasteiger partial charge on any atom is 0.244 e. The summed E-state index contributed by atoms with van der Waals surface area (Å²) in [6.45, 7) is 3.96. The molecular weight excluding hydrogens is 374 g/mol. The quantitative estimate of drug-likeness (QED) is 0.810. The van der Waals surface area contributed by atoms with Crippen LogP contribution < -0.4 is 10.2 Å². The van der Waals surface area contributed by atoms with Gasteiger partial charge in [0.25, 0.3) is 0 Å². The van der Waals surface area contributed by atoms with Gasteiger partial charge in [-0.3, -0.25) is 14.6 Å². The fourth-order valence-electron chi connectivity index (χ4n) is 3.84. The monoisotopic (exact) mass is 395 g/mol. The third-order valence-electron chi connectivity index (χ3n) is 5.49. The molecule has 0 radical (unpaired) electrons. The Morgan fingerprint density at radius 3 is 2.79 bits per heavy atom. The van der Waals surface area contributed by atoms with E-state index >= 15 is 0 Å². The Morgan fingerprint density at radius 1 is 1.25 bits per heavy atom. The lowest BCUT2D eigenvalue weighted by molar-refractivity contribution is -0.122. The second-order valence-corrected chi connectivity index (χ2v) is 7.83. The topological polar surface area (TPSA) is 61.8 Å². The number of anilines is 2. The molecule has 5 nitrogen and oxygen atoms in total. The number of hydrogen-bond acceptors (Lipinski definition) is 3. The summed E-state index contributed by atoms with van der Waals surface area (Å²) in [6, 6.07) is 11.0. The summed E-state index contributed by atoms with van der Waals surface area (Å²) < 4.78 is 0. The van der Waals surface area contributed by atoms with Gasteiger partial charge in [0.2, 0.25) is 11.8 Å². The maximum absolute atomic E-state index is 13.3. The van der Waals surface area contributed by atoms with Crippen LogP contribution in [0.2, 0.25) is 5.02 Å². The van der Waals surface area contributed by atoms with Crippen LogP contribution >= 0.6 is 11.6 Å². The lowest BCUT2D eigenvalue weighted by Crippen LogP contribution is -2.42. The molecule has 2 aromatic rings. The van der Waals surface area contributed by atoms with E-state index in [0.717, 1.165) is 41.8 Å². The first-order valence-corrected chi connectivity index (χ1v) is 9.86. The Kier molecular flexibility index (Phi) is 4.94. The summed E-state index contributed by atoms with van der Waals surface area (Å²) in [7, 11) is 0. The third kappa shape index (κ3) is 3.42. The Hall–Kier alpha value is -2.66. The van der Waals surface area contributed by atoms with Crippen LogP contribution in [0.15, 0.2) is 41.4 Å². The zero-order chi connectivity index (χ0) is 19.8. The molecule has 1 fully saturated rings. The fraction of sp³-hybridized carbons (Fsp3) is 0.318. The van der Waals surface area contributed by atoms with Crippen molar-refractivity contribution in [1.29, 1.82) is 0 Å². The molecule has 0 spiro atoms. The molecule has 2 aromatic carbocycles. The first-order chi connectivity index (χ1) is 13.4. The highest BCUT2D eigenvalue weighted by Crippen LogP contribution is 2.39. The molecule has 1 saturated carbocycles. The summed E-state index contributed by atoms with van der Waals surface area (Å²) in [5.41, 5.74) is 5.12. The molecule has 1 N–H and O–H groups in total. The van der Waals surface area contributed by atoms with Gasteiger partial charge in [0.05, 0.1) is 28.0 Å². The van der Waals surface area contributed by atoms with Crippen LogP contribution in [0.25, 0.3) is 0 Å². The average Bonchev–Trinajstić information content (AvgIpc) is 3.09. The first kappa shape index (κ1) is 18.7. The van der Waals surface area contributed by atoms with Crippen LogP contribution in [0.3, 0.4) is 0 Å². The number of nitrogens with zero attached hydrogens (tertiary/aromatic N) is 2. The van der Waals surface area contributed by atoms with E-state index < -0.39 is 0 Å².